The summed E-state index contributed by atoms with van der Waals surface area (Å²) in [6.45, 7) is 3.06. The number of amides is 1. The molecule has 1 heterocycles. The van der Waals surface area contributed by atoms with Crippen molar-refractivity contribution in [3.63, 3.8) is 0 Å². The second-order valence-electron chi connectivity index (χ2n) is 5.72. The summed E-state index contributed by atoms with van der Waals surface area (Å²) in [5.74, 6) is 0.601. The van der Waals surface area contributed by atoms with E-state index in [1.54, 1.807) is 13.2 Å². The van der Waals surface area contributed by atoms with Crippen LogP contribution in [0, 0.1) is 0 Å². The number of hydrogen-bond donors (Lipinski definition) is 1. The van der Waals surface area contributed by atoms with Crippen LogP contribution in [-0.4, -0.2) is 39.3 Å². The molecule has 0 aliphatic carbocycles. The van der Waals surface area contributed by atoms with Crippen LogP contribution in [0.2, 0.25) is 0 Å². The molecule has 2 aromatic carbocycles. The van der Waals surface area contributed by atoms with Gasteiger partial charge in [-0.15, -0.1) is 0 Å². The number of morpholine rings is 1. The lowest BCUT2D eigenvalue weighted by Gasteiger charge is -2.30. The number of para-hydroxylation sites is 2. The second kappa shape index (κ2) is 8.35. The first-order valence-corrected chi connectivity index (χ1v) is 8.31. The van der Waals surface area contributed by atoms with E-state index in [1.165, 1.54) is 6.08 Å². The Morgan fingerprint density at radius 1 is 1.16 bits per heavy atom. The molecule has 1 amide bonds. The van der Waals surface area contributed by atoms with Crippen molar-refractivity contribution in [2.75, 3.05) is 43.6 Å². The molecule has 5 heteroatoms. The van der Waals surface area contributed by atoms with Crippen molar-refractivity contribution in [1.82, 2.24) is 0 Å². The average Bonchev–Trinajstić information content (AvgIpc) is 2.68. The van der Waals surface area contributed by atoms with Gasteiger partial charge in [0.05, 0.1) is 31.7 Å². The lowest BCUT2D eigenvalue weighted by atomic mass is 10.2. The molecule has 25 heavy (non-hydrogen) atoms. The van der Waals surface area contributed by atoms with Gasteiger partial charge in [-0.05, 0) is 35.9 Å². The van der Waals surface area contributed by atoms with Gasteiger partial charge in [-0.2, -0.15) is 0 Å². The molecule has 0 saturated carbocycles. The largest absolute Gasteiger partial charge is 0.497 e. The Balaban J connectivity index is 1.69. The molecule has 1 saturated heterocycles. The number of nitrogens with one attached hydrogen (secondary N) is 1. The van der Waals surface area contributed by atoms with Gasteiger partial charge >= 0.3 is 0 Å². The molecule has 3 rings (SSSR count). The normalized spacial score (nSPS) is 14.5. The van der Waals surface area contributed by atoms with E-state index < -0.39 is 0 Å². The summed E-state index contributed by atoms with van der Waals surface area (Å²) in [6, 6.07) is 15.4. The molecule has 0 spiro atoms. The van der Waals surface area contributed by atoms with E-state index in [1.807, 2.05) is 48.5 Å². The van der Waals surface area contributed by atoms with Gasteiger partial charge < -0.3 is 19.7 Å². The Hall–Kier alpha value is -2.79. The SMILES string of the molecule is COc1cccc(/C=C/C(=O)Nc2ccccc2N2CCOCC2)c1. The number of carbonyl (C=O) groups is 1. The molecule has 0 atom stereocenters. The van der Waals surface area contributed by atoms with E-state index in [0.717, 1.165) is 35.8 Å². The van der Waals surface area contributed by atoms with Crippen LogP contribution in [0.25, 0.3) is 6.08 Å². The highest BCUT2D eigenvalue weighted by Crippen LogP contribution is 2.26. The van der Waals surface area contributed by atoms with Gasteiger partial charge in [-0.25, -0.2) is 0 Å². The van der Waals surface area contributed by atoms with E-state index in [9.17, 15) is 4.79 Å². The predicted octanol–water partition coefficient (Wildman–Crippen LogP) is 3.18. The molecule has 0 unspecified atom stereocenters. The van der Waals surface area contributed by atoms with E-state index in [-0.39, 0.29) is 5.91 Å². The minimum atomic E-state index is -0.163. The number of ether oxygens (including phenoxy) is 2. The fourth-order valence-electron chi connectivity index (χ4n) is 2.75. The van der Waals surface area contributed by atoms with Gasteiger partial charge in [0.15, 0.2) is 0 Å². The van der Waals surface area contributed by atoms with E-state index in [2.05, 4.69) is 10.2 Å². The minimum absolute atomic E-state index is 0.163. The zero-order valence-corrected chi connectivity index (χ0v) is 14.3. The lowest BCUT2D eigenvalue weighted by molar-refractivity contribution is -0.111. The maximum absolute atomic E-state index is 12.3. The Bertz CT molecular complexity index is 752. The van der Waals surface area contributed by atoms with Gasteiger partial charge in [0.1, 0.15) is 5.75 Å². The number of anilines is 2. The smallest absolute Gasteiger partial charge is 0.248 e. The zero-order chi connectivity index (χ0) is 17.5. The van der Waals surface area contributed by atoms with E-state index in [4.69, 9.17) is 9.47 Å². The zero-order valence-electron chi connectivity index (χ0n) is 14.3. The van der Waals surface area contributed by atoms with Crippen molar-refractivity contribution in [2.24, 2.45) is 0 Å². The lowest BCUT2D eigenvalue weighted by Crippen LogP contribution is -2.36. The molecule has 0 radical (unpaired) electrons. The Morgan fingerprint density at radius 2 is 1.96 bits per heavy atom. The summed E-state index contributed by atoms with van der Waals surface area (Å²) in [4.78, 5) is 14.5. The molecule has 130 valence electrons. The summed E-state index contributed by atoms with van der Waals surface area (Å²) >= 11 is 0. The summed E-state index contributed by atoms with van der Waals surface area (Å²) in [5.41, 5.74) is 2.74. The van der Waals surface area contributed by atoms with Crippen molar-refractivity contribution < 1.29 is 14.3 Å². The standard InChI is InChI=1S/C20H22N2O3/c1-24-17-6-4-5-16(15-17)9-10-20(23)21-18-7-2-3-8-19(18)22-11-13-25-14-12-22/h2-10,15H,11-14H2,1H3,(H,21,23)/b10-9+. The third-order valence-corrected chi connectivity index (χ3v) is 4.03. The van der Waals surface area contributed by atoms with Gasteiger partial charge in [0.25, 0.3) is 0 Å². The molecule has 2 aromatic rings. The van der Waals surface area contributed by atoms with Crippen molar-refractivity contribution in [3.05, 3.63) is 60.2 Å². The van der Waals surface area contributed by atoms with Gasteiger partial charge in [-0.3, -0.25) is 4.79 Å². The van der Waals surface area contributed by atoms with Crippen molar-refractivity contribution in [1.29, 1.82) is 0 Å². The van der Waals surface area contributed by atoms with Gasteiger partial charge in [-0.1, -0.05) is 24.3 Å². The van der Waals surface area contributed by atoms with Crippen LogP contribution in [-0.2, 0) is 9.53 Å². The fraction of sp³-hybridized carbons (Fsp3) is 0.250. The monoisotopic (exact) mass is 338 g/mol. The van der Waals surface area contributed by atoms with Crippen molar-refractivity contribution in [3.8, 4) is 5.75 Å². The highest BCUT2D eigenvalue weighted by Gasteiger charge is 2.15. The number of hydrogen-bond acceptors (Lipinski definition) is 4. The number of benzene rings is 2. The first-order chi connectivity index (χ1) is 12.3. The maximum atomic E-state index is 12.3. The van der Waals surface area contributed by atoms with Crippen molar-refractivity contribution >= 4 is 23.4 Å². The molecule has 1 fully saturated rings. The Morgan fingerprint density at radius 3 is 2.76 bits per heavy atom. The topological polar surface area (TPSA) is 50.8 Å². The second-order valence-corrected chi connectivity index (χ2v) is 5.72. The van der Waals surface area contributed by atoms with E-state index >= 15 is 0 Å². The molecular formula is C20H22N2O3. The van der Waals surface area contributed by atoms with Gasteiger partial charge in [0, 0.05) is 19.2 Å². The average molecular weight is 338 g/mol. The van der Waals surface area contributed by atoms with E-state index in [0.29, 0.717) is 13.2 Å². The van der Waals surface area contributed by atoms with Crippen LogP contribution in [0.3, 0.4) is 0 Å². The number of methoxy groups -OCH3 is 1. The molecule has 0 aromatic heterocycles. The molecule has 1 aliphatic heterocycles. The number of rotatable bonds is 5. The number of nitrogens with zero attached hydrogens (tertiary/aromatic N) is 1. The first-order valence-electron chi connectivity index (χ1n) is 8.31. The summed E-state index contributed by atoms with van der Waals surface area (Å²) in [6.07, 6.45) is 3.31. The van der Waals surface area contributed by atoms with Crippen LogP contribution in [0.15, 0.2) is 54.6 Å². The number of carbonyl (C=O) groups excluding carboxylic acids is 1. The molecule has 1 aliphatic rings. The van der Waals surface area contributed by atoms with Crippen molar-refractivity contribution in [2.45, 2.75) is 0 Å². The predicted molar refractivity (Wildman–Crippen MR) is 100 cm³/mol. The van der Waals surface area contributed by atoms with Crippen LogP contribution in [0.4, 0.5) is 11.4 Å². The summed E-state index contributed by atoms with van der Waals surface area (Å²) in [5, 5.41) is 2.97. The third kappa shape index (κ3) is 4.61. The molecule has 1 N–H and O–H groups in total. The minimum Gasteiger partial charge on any atom is -0.497 e. The van der Waals surface area contributed by atoms with Gasteiger partial charge in [0.2, 0.25) is 5.91 Å². The molecular weight excluding hydrogens is 316 g/mol. The Labute approximate surface area is 147 Å². The van der Waals surface area contributed by atoms with Crippen LogP contribution < -0.4 is 15.0 Å². The highest BCUT2D eigenvalue weighted by atomic mass is 16.5. The first kappa shape index (κ1) is 17.0. The third-order valence-electron chi connectivity index (χ3n) is 4.03. The quantitative estimate of drug-likeness (QED) is 0.851. The molecule has 5 nitrogen and oxygen atoms in total. The molecule has 0 bridgehead atoms. The maximum Gasteiger partial charge on any atom is 0.248 e. The van der Waals surface area contributed by atoms with Crippen LogP contribution >= 0.6 is 0 Å². The van der Waals surface area contributed by atoms with Crippen LogP contribution in [0.5, 0.6) is 5.75 Å². The Kier molecular flexibility index (Phi) is 5.69. The summed E-state index contributed by atoms with van der Waals surface area (Å²) in [7, 11) is 1.62. The van der Waals surface area contributed by atoms with Crippen LogP contribution in [0.1, 0.15) is 5.56 Å². The fourth-order valence-corrected chi connectivity index (χ4v) is 2.75. The highest BCUT2D eigenvalue weighted by molar-refractivity contribution is 6.03. The summed E-state index contributed by atoms with van der Waals surface area (Å²) < 4.78 is 10.6.